The van der Waals surface area contributed by atoms with E-state index in [4.69, 9.17) is 5.84 Å². The van der Waals surface area contributed by atoms with Gasteiger partial charge < -0.3 is 5.11 Å². The highest BCUT2D eigenvalue weighted by molar-refractivity contribution is 4.92. The SMILES string of the molecule is CC1(C)C(O)CCN1N. The molecule has 0 saturated carbocycles. The van der Waals surface area contributed by atoms with Gasteiger partial charge in [-0.05, 0) is 20.3 Å². The predicted molar refractivity (Wildman–Crippen MR) is 35.6 cm³/mol. The van der Waals surface area contributed by atoms with Crippen molar-refractivity contribution in [2.45, 2.75) is 31.9 Å². The molecule has 0 bridgehead atoms. The van der Waals surface area contributed by atoms with Crippen LogP contribution in [0.15, 0.2) is 0 Å². The summed E-state index contributed by atoms with van der Waals surface area (Å²) in [6.07, 6.45) is 0.534. The van der Waals surface area contributed by atoms with E-state index in [1.165, 1.54) is 0 Å². The maximum absolute atomic E-state index is 9.31. The van der Waals surface area contributed by atoms with Crippen LogP contribution in [-0.2, 0) is 0 Å². The summed E-state index contributed by atoms with van der Waals surface area (Å²) in [5.74, 6) is 5.58. The standard InChI is InChI=1S/C6H14N2O/c1-6(2)5(9)3-4-8(6)7/h5,9H,3-4,7H2,1-2H3. The molecular weight excluding hydrogens is 116 g/mol. The maximum atomic E-state index is 9.31. The molecule has 9 heavy (non-hydrogen) atoms. The van der Waals surface area contributed by atoms with Crippen molar-refractivity contribution in [2.75, 3.05) is 6.54 Å². The molecule has 3 nitrogen and oxygen atoms in total. The summed E-state index contributed by atoms with van der Waals surface area (Å²) < 4.78 is 0. The average molecular weight is 130 g/mol. The minimum absolute atomic E-state index is 0.222. The summed E-state index contributed by atoms with van der Waals surface area (Å²) in [4.78, 5) is 0. The second-order valence-corrected chi connectivity index (χ2v) is 3.15. The lowest BCUT2D eigenvalue weighted by Gasteiger charge is -2.29. The van der Waals surface area contributed by atoms with Crippen LogP contribution in [-0.4, -0.2) is 28.3 Å². The Hall–Kier alpha value is -0.120. The van der Waals surface area contributed by atoms with Crippen LogP contribution >= 0.6 is 0 Å². The number of aliphatic hydroxyl groups is 1. The molecule has 1 fully saturated rings. The summed E-state index contributed by atoms with van der Waals surface area (Å²) in [6.45, 7) is 4.70. The van der Waals surface area contributed by atoms with Gasteiger partial charge in [0.15, 0.2) is 0 Å². The molecule has 1 aliphatic rings. The third-order valence-electron chi connectivity index (χ3n) is 2.20. The highest BCUT2D eigenvalue weighted by Gasteiger charge is 2.38. The Balaban J connectivity index is 2.66. The smallest absolute Gasteiger partial charge is 0.0744 e. The second kappa shape index (κ2) is 1.94. The summed E-state index contributed by atoms with van der Waals surface area (Å²) in [5.41, 5.74) is -0.222. The number of aliphatic hydroxyl groups excluding tert-OH is 1. The van der Waals surface area contributed by atoms with Crippen molar-refractivity contribution < 1.29 is 5.11 Å². The Morgan fingerprint density at radius 1 is 1.67 bits per heavy atom. The largest absolute Gasteiger partial charge is 0.391 e. The number of hydrogen-bond acceptors (Lipinski definition) is 3. The highest BCUT2D eigenvalue weighted by atomic mass is 16.3. The van der Waals surface area contributed by atoms with Crippen LogP contribution < -0.4 is 5.84 Å². The summed E-state index contributed by atoms with van der Waals surface area (Å²) in [5, 5.41) is 11.0. The Labute approximate surface area is 55.4 Å². The topological polar surface area (TPSA) is 49.5 Å². The van der Waals surface area contributed by atoms with Gasteiger partial charge in [-0.1, -0.05) is 0 Å². The molecule has 0 aromatic heterocycles. The van der Waals surface area contributed by atoms with Gasteiger partial charge in [0.2, 0.25) is 0 Å². The van der Waals surface area contributed by atoms with Crippen molar-refractivity contribution in [2.24, 2.45) is 5.84 Å². The van der Waals surface area contributed by atoms with Crippen molar-refractivity contribution in [3.8, 4) is 0 Å². The lowest BCUT2D eigenvalue weighted by molar-refractivity contribution is 0.0547. The van der Waals surface area contributed by atoms with Gasteiger partial charge in [0, 0.05) is 6.54 Å². The third-order valence-corrected chi connectivity index (χ3v) is 2.20. The highest BCUT2D eigenvalue weighted by Crippen LogP contribution is 2.24. The lowest BCUT2D eigenvalue weighted by atomic mass is 10.0. The molecule has 1 atom stereocenters. The van der Waals surface area contributed by atoms with Gasteiger partial charge in [0.05, 0.1) is 11.6 Å². The van der Waals surface area contributed by atoms with Crippen LogP contribution in [0, 0.1) is 0 Å². The Morgan fingerprint density at radius 3 is 2.33 bits per heavy atom. The molecule has 54 valence electrons. The van der Waals surface area contributed by atoms with Crippen molar-refractivity contribution in [3.05, 3.63) is 0 Å². The number of nitrogens with zero attached hydrogens (tertiary/aromatic N) is 1. The normalized spacial score (nSPS) is 35.3. The van der Waals surface area contributed by atoms with E-state index in [0.29, 0.717) is 0 Å². The van der Waals surface area contributed by atoms with Gasteiger partial charge in [-0.3, -0.25) is 5.84 Å². The number of hydrogen-bond donors (Lipinski definition) is 2. The van der Waals surface area contributed by atoms with E-state index in [1.54, 1.807) is 5.01 Å². The van der Waals surface area contributed by atoms with Crippen molar-refractivity contribution in [1.29, 1.82) is 0 Å². The summed E-state index contributed by atoms with van der Waals surface area (Å²) in [7, 11) is 0. The van der Waals surface area contributed by atoms with E-state index in [9.17, 15) is 5.11 Å². The first-order valence-corrected chi connectivity index (χ1v) is 3.25. The van der Waals surface area contributed by atoms with Gasteiger partial charge in [-0.2, -0.15) is 0 Å². The van der Waals surface area contributed by atoms with Crippen LogP contribution in [0.5, 0.6) is 0 Å². The molecular formula is C6H14N2O. The fraction of sp³-hybridized carbons (Fsp3) is 1.00. The fourth-order valence-electron chi connectivity index (χ4n) is 1.09. The molecule has 0 amide bonds. The van der Waals surface area contributed by atoms with Crippen molar-refractivity contribution >= 4 is 0 Å². The van der Waals surface area contributed by atoms with Crippen LogP contribution in [0.2, 0.25) is 0 Å². The zero-order valence-electron chi connectivity index (χ0n) is 5.96. The second-order valence-electron chi connectivity index (χ2n) is 3.15. The molecule has 1 rings (SSSR count). The van der Waals surface area contributed by atoms with Crippen LogP contribution in [0.1, 0.15) is 20.3 Å². The van der Waals surface area contributed by atoms with Gasteiger partial charge in [-0.15, -0.1) is 0 Å². The summed E-state index contributed by atoms with van der Waals surface area (Å²) >= 11 is 0. The third kappa shape index (κ3) is 0.956. The van der Waals surface area contributed by atoms with Crippen LogP contribution in [0.3, 0.4) is 0 Å². The molecule has 1 unspecified atom stereocenters. The average Bonchev–Trinajstić information content (AvgIpc) is 1.96. The molecule has 3 N–H and O–H groups in total. The lowest BCUT2D eigenvalue weighted by Crippen LogP contribution is -2.48. The first-order chi connectivity index (χ1) is 4.05. The molecule has 1 saturated heterocycles. The van der Waals surface area contributed by atoms with E-state index in [-0.39, 0.29) is 11.6 Å². The first-order valence-electron chi connectivity index (χ1n) is 3.25. The minimum Gasteiger partial charge on any atom is -0.391 e. The summed E-state index contributed by atoms with van der Waals surface area (Å²) in [6, 6.07) is 0. The van der Waals surface area contributed by atoms with E-state index in [2.05, 4.69) is 0 Å². The monoisotopic (exact) mass is 130 g/mol. The van der Waals surface area contributed by atoms with Gasteiger partial charge in [0.25, 0.3) is 0 Å². The van der Waals surface area contributed by atoms with E-state index >= 15 is 0 Å². The molecule has 0 radical (unpaired) electrons. The van der Waals surface area contributed by atoms with Gasteiger partial charge in [-0.25, -0.2) is 5.01 Å². The van der Waals surface area contributed by atoms with E-state index in [1.807, 2.05) is 13.8 Å². The minimum atomic E-state index is -0.262. The Morgan fingerprint density at radius 2 is 2.22 bits per heavy atom. The molecule has 0 aliphatic carbocycles. The van der Waals surface area contributed by atoms with Gasteiger partial charge >= 0.3 is 0 Å². The maximum Gasteiger partial charge on any atom is 0.0744 e. The molecule has 1 heterocycles. The Kier molecular flexibility index (Phi) is 1.50. The Bertz CT molecular complexity index is 102. The van der Waals surface area contributed by atoms with E-state index in [0.717, 1.165) is 13.0 Å². The van der Waals surface area contributed by atoms with Crippen molar-refractivity contribution in [1.82, 2.24) is 5.01 Å². The quantitative estimate of drug-likeness (QED) is 0.443. The predicted octanol–water partition coefficient (Wildman–Crippen LogP) is -0.295. The van der Waals surface area contributed by atoms with Gasteiger partial charge in [0.1, 0.15) is 0 Å². The number of nitrogens with two attached hydrogens (primary N) is 1. The number of rotatable bonds is 0. The van der Waals surface area contributed by atoms with Crippen LogP contribution in [0.25, 0.3) is 0 Å². The molecule has 0 aromatic rings. The zero-order chi connectivity index (χ0) is 7.07. The zero-order valence-corrected chi connectivity index (χ0v) is 5.96. The first kappa shape index (κ1) is 6.99. The molecule has 0 spiro atoms. The van der Waals surface area contributed by atoms with Crippen LogP contribution in [0.4, 0.5) is 0 Å². The number of hydrazine groups is 1. The molecule has 0 aromatic carbocycles. The molecule has 3 heteroatoms. The van der Waals surface area contributed by atoms with E-state index < -0.39 is 0 Å². The van der Waals surface area contributed by atoms with Crippen molar-refractivity contribution in [3.63, 3.8) is 0 Å². The fourth-order valence-corrected chi connectivity index (χ4v) is 1.09. The molecule has 1 aliphatic heterocycles.